The van der Waals surface area contributed by atoms with E-state index < -0.39 is 0 Å². The number of nitrogens with zero attached hydrogens (tertiary/aromatic N) is 2. The predicted molar refractivity (Wildman–Crippen MR) is 219 cm³/mol. The minimum atomic E-state index is 0.628. The predicted octanol–water partition coefficient (Wildman–Crippen LogP) is 12.7. The number of aromatic nitrogens is 1. The molecule has 0 bridgehead atoms. The lowest BCUT2D eigenvalue weighted by Crippen LogP contribution is -2.08. The lowest BCUT2D eigenvalue weighted by molar-refractivity contribution is 0.860. The molecule has 0 unspecified atom stereocenters. The Kier molecular flexibility index (Phi) is 9.24. The van der Waals surface area contributed by atoms with Crippen molar-refractivity contribution in [1.29, 1.82) is 0 Å². The number of aryl methyl sites for hydroxylation is 1. The number of benzene rings is 3. The van der Waals surface area contributed by atoms with E-state index in [1.807, 2.05) is 0 Å². The smallest absolute Gasteiger partial charge is 0.0685 e. The fraction of sp³-hybridized carbons (Fsp3) is 0.204. The van der Waals surface area contributed by atoms with Crippen LogP contribution in [-0.4, -0.2) is 10.3 Å². The zero-order valence-electron chi connectivity index (χ0n) is 30.0. The van der Waals surface area contributed by atoms with Gasteiger partial charge in [0.2, 0.25) is 0 Å². The summed E-state index contributed by atoms with van der Waals surface area (Å²) in [5.41, 5.74) is 19.5. The maximum absolute atomic E-state index is 5.27. The third-order valence-corrected chi connectivity index (χ3v) is 10.8. The van der Waals surface area contributed by atoms with Crippen LogP contribution in [0.1, 0.15) is 79.0 Å². The monoisotopic (exact) mass is 662 g/mol. The molecule has 51 heavy (non-hydrogen) atoms. The van der Waals surface area contributed by atoms with Crippen LogP contribution in [0.4, 0.5) is 0 Å². The number of fused-ring (bicyclic) bond motifs is 3. The lowest BCUT2D eigenvalue weighted by Gasteiger charge is -2.28. The molecule has 4 aromatic rings. The van der Waals surface area contributed by atoms with Gasteiger partial charge in [0.15, 0.2) is 0 Å². The van der Waals surface area contributed by atoms with Crippen molar-refractivity contribution < 1.29 is 0 Å². The molecule has 4 aliphatic carbocycles. The van der Waals surface area contributed by atoms with Crippen molar-refractivity contribution in [2.24, 2.45) is 4.99 Å². The minimum Gasteiger partial charge on any atom is -0.312 e. The Morgan fingerprint density at radius 1 is 0.765 bits per heavy atom. The zero-order chi connectivity index (χ0) is 34.7. The van der Waals surface area contributed by atoms with Crippen molar-refractivity contribution in [1.82, 2.24) is 4.57 Å². The molecule has 0 atom stereocenters. The second-order valence-corrected chi connectivity index (χ2v) is 14.2. The molecule has 1 aromatic heterocycles. The molecule has 8 rings (SSSR count). The molecule has 0 aliphatic heterocycles. The van der Waals surface area contributed by atoms with Crippen molar-refractivity contribution >= 4 is 34.0 Å². The van der Waals surface area contributed by atoms with Crippen LogP contribution >= 0.6 is 0 Å². The van der Waals surface area contributed by atoms with Crippen molar-refractivity contribution in [3.63, 3.8) is 0 Å². The maximum atomic E-state index is 5.27. The molecule has 3 aromatic carbocycles. The van der Waals surface area contributed by atoms with Gasteiger partial charge in [-0.2, -0.15) is 0 Å². The Morgan fingerprint density at radius 3 is 2.39 bits per heavy atom. The SMILES string of the molecule is C=C1/C=C\C=C/C/C(C(=NCc2ccccc2)c2ccccc2)=C\C=C/1n1c2c(c3c(C4=C(C)CCC5=C4CCC=C5)c(C)ccc31)C=CCC2. The molecule has 0 amide bonds. The minimum absolute atomic E-state index is 0.628. The van der Waals surface area contributed by atoms with Gasteiger partial charge in [-0.1, -0.05) is 134 Å². The average molecular weight is 663 g/mol. The summed E-state index contributed by atoms with van der Waals surface area (Å²) in [5.74, 6) is 0. The molecule has 0 spiro atoms. The van der Waals surface area contributed by atoms with Crippen LogP contribution in [0.3, 0.4) is 0 Å². The standard InChI is InChI=1S/C49H46N2/c1-34-17-7-4-10-23-40(49(39-21-11-6-12-22-39)50-33-37-18-8-5-9-19-37)30-32-43(34)51-44-26-16-15-25-42(44)48-45(51)31-28-36(3)47(48)46-35(2)27-29-38-20-13-14-24-41(38)46/h4-13,15,17-22,25,28,30-32H,1,14,16,23-24,26-27,29,33H2,2-3H3/b10-4-,17-7-,40-30+,43-32+,50-49?. The van der Waals surface area contributed by atoms with E-state index in [2.05, 4.69) is 159 Å². The molecule has 0 fully saturated rings. The molecule has 2 heteroatoms. The van der Waals surface area contributed by atoms with E-state index >= 15 is 0 Å². The van der Waals surface area contributed by atoms with E-state index in [9.17, 15) is 0 Å². The number of aliphatic imine (C=N–C) groups is 1. The highest BCUT2D eigenvalue weighted by molar-refractivity contribution is 6.13. The van der Waals surface area contributed by atoms with E-state index in [1.54, 1.807) is 5.57 Å². The van der Waals surface area contributed by atoms with Gasteiger partial charge in [0.1, 0.15) is 0 Å². The van der Waals surface area contributed by atoms with Gasteiger partial charge >= 0.3 is 0 Å². The van der Waals surface area contributed by atoms with Gasteiger partial charge in [0, 0.05) is 16.6 Å². The topological polar surface area (TPSA) is 17.3 Å². The Balaban J connectivity index is 1.34. The zero-order valence-corrected chi connectivity index (χ0v) is 30.0. The van der Waals surface area contributed by atoms with E-state index in [-0.39, 0.29) is 0 Å². The normalized spacial score (nSPS) is 21.1. The van der Waals surface area contributed by atoms with Crippen LogP contribution in [0.25, 0.3) is 28.2 Å². The summed E-state index contributed by atoms with van der Waals surface area (Å²) < 4.78 is 2.53. The fourth-order valence-corrected chi connectivity index (χ4v) is 8.32. The average Bonchev–Trinajstić information content (AvgIpc) is 3.50. The fourth-order valence-electron chi connectivity index (χ4n) is 8.32. The summed E-state index contributed by atoms with van der Waals surface area (Å²) >= 11 is 0. The molecule has 0 saturated carbocycles. The largest absolute Gasteiger partial charge is 0.312 e. The van der Waals surface area contributed by atoms with Crippen LogP contribution in [0.5, 0.6) is 0 Å². The van der Waals surface area contributed by atoms with Gasteiger partial charge in [-0.3, -0.25) is 4.99 Å². The number of hydrogen-bond acceptors (Lipinski definition) is 1. The Bertz CT molecular complexity index is 2300. The quantitative estimate of drug-likeness (QED) is 0.183. The van der Waals surface area contributed by atoms with Crippen molar-refractivity contribution in [2.75, 3.05) is 0 Å². The third-order valence-electron chi connectivity index (χ3n) is 10.8. The van der Waals surface area contributed by atoms with Gasteiger partial charge in [-0.25, -0.2) is 0 Å². The van der Waals surface area contributed by atoms with E-state index in [4.69, 9.17) is 4.99 Å². The molecule has 0 radical (unpaired) electrons. The van der Waals surface area contributed by atoms with Gasteiger partial charge < -0.3 is 4.57 Å². The molecule has 0 saturated heterocycles. The molecular formula is C49H46N2. The molecule has 2 nitrogen and oxygen atoms in total. The highest BCUT2D eigenvalue weighted by Gasteiger charge is 2.28. The Labute approximate surface area is 303 Å². The number of rotatable bonds is 6. The van der Waals surface area contributed by atoms with E-state index in [1.165, 1.54) is 61.1 Å². The third kappa shape index (κ3) is 6.36. The molecular weight excluding hydrogens is 617 g/mol. The van der Waals surface area contributed by atoms with Gasteiger partial charge in [-0.05, 0) is 121 Å². The summed E-state index contributed by atoms with van der Waals surface area (Å²) in [5, 5.41) is 1.38. The molecule has 1 heterocycles. The highest BCUT2D eigenvalue weighted by atomic mass is 15.0. The summed E-state index contributed by atoms with van der Waals surface area (Å²) in [4.78, 5) is 5.27. The van der Waals surface area contributed by atoms with Crippen LogP contribution in [0.15, 0.2) is 167 Å². The summed E-state index contributed by atoms with van der Waals surface area (Å²) in [6.45, 7) is 9.98. The Morgan fingerprint density at radius 2 is 1.55 bits per heavy atom. The Hall–Kier alpha value is -5.47. The lowest BCUT2D eigenvalue weighted by atomic mass is 9.76. The van der Waals surface area contributed by atoms with Gasteiger partial charge in [0.25, 0.3) is 0 Å². The summed E-state index contributed by atoms with van der Waals surface area (Å²) in [7, 11) is 0. The van der Waals surface area contributed by atoms with Crippen LogP contribution in [0.2, 0.25) is 0 Å². The second-order valence-electron chi connectivity index (χ2n) is 14.2. The second kappa shape index (κ2) is 14.4. The van der Waals surface area contributed by atoms with E-state index in [0.717, 1.165) is 67.5 Å². The number of allylic oxidation sites excluding steroid dienone is 16. The first kappa shape index (κ1) is 32.7. The van der Waals surface area contributed by atoms with Crippen molar-refractivity contribution in [3.8, 4) is 0 Å². The molecule has 4 aliphatic rings. The summed E-state index contributed by atoms with van der Waals surface area (Å²) in [6.07, 6.45) is 30.1. The molecule has 252 valence electrons. The first-order valence-corrected chi connectivity index (χ1v) is 18.6. The van der Waals surface area contributed by atoms with Gasteiger partial charge in [0.05, 0.1) is 23.5 Å². The van der Waals surface area contributed by atoms with Crippen LogP contribution in [-0.2, 0) is 13.0 Å². The van der Waals surface area contributed by atoms with Gasteiger partial charge in [-0.15, -0.1) is 0 Å². The maximum Gasteiger partial charge on any atom is 0.0685 e. The molecule has 0 N–H and O–H groups in total. The van der Waals surface area contributed by atoms with Crippen LogP contribution in [0, 0.1) is 6.92 Å². The first-order chi connectivity index (χ1) is 25.1. The summed E-state index contributed by atoms with van der Waals surface area (Å²) in [6, 6.07) is 25.9. The number of hydrogen-bond donors (Lipinski definition) is 0. The van der Waals surface area contributed by atoms with Crippen molar-refractivity contribution in [2.45, 2.75) is 65.3 Å². The van der Waals surface area contributed by atoms with Crippen LogP contribution < -0.4 is 0 Å². The van der Waals surface area contributed by atoms with Crippen molar-refractivity contribution in [3.05, 3.63) is 195 Å². The first-order valence-electron chi connectivity index (χ1n) is 18.6. The highest BCUT2D eigenvalue weighted by Crippen LogP contribution is 2.47. The van der Waals surface area contributed by atoms with E-state index in [0.29, 0.717) is 6.54 Å².